The molecule has 0 bridgehead atoms. The van der Waals surface area contributed by atoms with Crippen LogP contribution in [-0.2, 0) is 15.1 Å². The first-order chi connectivity index (χ1) is 12.8. The molecule has 0 spiro atoms. The van der Waals surface area contributed by atoms with E-state index in [4.69, 9.17) is 16.3 Å². The number of hydrogen-bond donors (Lipinski definition) is 2. The van der Waals surface area contributed by atoms with E-state index in [1.165, 1.54) is 6.92 Å². The maximum atomic E-state index is 12.8. The Hall–Kier alpha value is -3.06. The highest BCUT2D eigenvalue weighted by Crippen LogP contribution is 2.28. The van der Waals surface area contributed by atoms with E-state index in [1.807, 2.05) is 0 Å². The Bertz CT molecular complexity index is 890. The molecule has 1 saturated heterocycles. The quantitative estimate of drug-likeness (QED) is 0.772. The lowest BCUT2D eigenvalue weighted by atomic mass is 9.92. The number of nitrogens with zero attached hydrogens (tertiary/aromatic N) is 1. The lowest BCUT2D eigenvalue weighted by Gasteiger charge is -2.23. The van der Waals surface area contributed by atoms with Gasteiger partial charge in [0.2, 0.25) is 0 Å². The number of rotatable bonds is 5. The summed E-state index contributed by atoms with van der Waals surface area (Å²) in [5.74, 6) is -0.916. The van der Waals surface area contributed by atoms with Crippen LogP contribution in [0.2, 0.25) is 5.02 Å². The van der Waals surface area contributed by atoms with Gasteiger partial charge >= 0.3 is 6.03 Å². The molecule has 1 aliphatic heterocycles. The molecule has 1 aliphatic rings. The van der Waals surface area contributed by atoms with Gasteiger partial charge in [0.25, 0.3) is 11.8 Å². The zero-order valence-electron chi connectivity index (χ0n) is 14.7. The topological polar surface area (TPSA) is 87.7 Å². The molecular weight excluding hydrogens is 370 g/mol. The Morgan fingerprint density at radius 3 is 2.44 bits per heavy atom. The average molecular weight is 388 g/mol. The number of benzene rings is 2. The number of para-hydroxylation sites is 1. The maximum absolute atomic E-state index is 12.8. The Morgan fingerprint density at radius 1 is 1.15 bits per heavy atom. The van der Waals surface area contributed by atoms with E-state index in [0.717, 1.165) is 0 Å². The highest BCUT2D eigenvalue weighted by Gasteiger charge is 2.50. The standard InChI is InChI=1S/C19H18ClN3O4/c1-12(27-15-11-7-6-10-14(15)20)16(24)22-23-17(25)19(2,21-18(23)26)13-8-4-3-5-9-13/h3-12H,1-2H3,(H,21,26)(H,22,24). The highest BCUT2D eigenvalue weighted by molar-refractivity contribution is 6.32. The van der Waals surface area contributed by atoms with E-state index < -0.39 is 29.5 Å². The summed E-state index contributed by atoms with van der Waals surface area (Å²) < 4.78 is 5.51. The van der Waals surface area contributed by atoms with Crippen molar-refractivity contribution < 1.29 is 19.1 Å². The van der Waals surface area contributed by atoms with Crippen LogP contribution in [-0.4, -0.2) is 29.0 Å². The zero-order chi connectivity index (χ0) is 19.6. The van der Waals surface area contributed by atoms with Crippen LogP contribution in [0.5, 0.6) is 5.75 Å². The van der Waals surface area contributed by atoms with Gasteiger partial charge in [-0.2, -0.15) is 5.01 Å². The van der Waals surface area contributed by atoms with Crippen molar-refractivity contribution in [3.8, 4) is 5.75 Å². The molecule has 1 heterocycles. The van der Waals surface area contributed by atoms with Gasteiger partial charge in [-0.1, -0.05) is 54.1 Å². The molecule has 2 atom stereocenters. The fourth-order valence-corrected chi connectivity index (χ4v) is 2.87. The summed E-state index contributed by atoms with van der Waals surface area (Å²) >= 11 is 6.01. The predicted octanol–water partition coefficient (Wildman–Crippen LogP) is 2.61. The van der Waals surface area contributed by atoms with Gasteiger partial charge in [0.05, 0.1) is 5.02 Å². The number of ether oxygens (including phenoxy) is 1. The van der Waals surface area contributed by atoms with Gasteiger partial charge in [-0.15, -0.1) is 0 Å². The first-order valence-corrected chi connectivity index (χ1v) is 8.64. The van der Waals surface area contributed by atoms with Gasteiger partial charge in [0.15, 0.2) is 6.10 Å². The molecule has 2 N–H and O–H groups in total. The van der Waals surface area contributed by atoms with E-state index in [-0.39, 0.29) is 0 Å². The monoisotopic (exact) mass is 387 g/mol. The van der Waals surface area contributed by atoms with Crippen LogP contribution in [0.25, 0.3) is 0 Å². The number of urea groups is 1. The van der Waals surface area contributed by atoms with Gasteiger partial charge in [0, 0.05) is 0 Å². The Labute approximate surface area is 161 Å². The molecule has 0 radical (unpaired) electrons. The lowest BCUT2D eigenvalue weighted by Crippen LogP contribution is -2.51. The minimum absolute atomic E-state index is 0.327. The number of amides is 4. The third-order valence-corrected chi connectivity index (χ3v) is 4.59. The van der Waals surface area contributed by atoms with Crippen LogP contribution in [0.3, 0.4) is 0 Å². The van der Waals surface area contributed by atoms with Crippen molar-refractivity contribution in [2.75, 3.05) is 0 Å². The second kappa shape index (κ2) is 7.28. The van der Waals surface area contributed by atoms with Crippen molar-refractivity contribution in [2.24, 2.45) is 0 Å². The van der Waals surface area contributed by atoms with Crippen LogP contribution < -0.4 is 15.5 Å². The number of hydrazine groups is 1. The first-order valence-electron chi connectivity index (χ1n) is 8.27. The summed E-state index contributed by atoms with van der Waals surface area (Å²) in [4.78, 5) is 37.4. The number of halogens is 1. The summed E-state index contributed by atoms with van der Waals surface area (Å²) in [6, 6.07) is 14.8. The summed E-state index contributed by atoms with van der Waals surface area (Å²) in [5, 5.41) is 3.63. The molecule has 0 aromatic heterocycles. The molecule has 0 aliphatic carbocycles. The van der Waals surface area contributed by atoms with E-state index in [1.54, 1.807) is 61.5 Å². The molecule has 140 valence electrons. The fourth-order valence-electron chi connectivity index (χ4n) is 2.69. The Balaban J connectivity index is 1.72. The number of nitrogens with one attached hydrogen (secondary N) is 2. The van der Waals surface area contributed by atoms with E-state index in [2.05, 4.69) is 10.7 Å². The normalized spacial score (nSPS) is 20.2. The van der Waals surface area contributed by atoms with Crippen molar-refractivity contribution in [3.63, 3.8) is 0 Å². The van der Waals surface area contributed by atoms with E-state index in [9.17, 15) is 14.4 Å². The number of carbonyl (C=O) groups is 3. The van der Waals surface area contributed by atoms with Crippen LogP contribution in [0, 0.1) is 0 Å². The lowest BCUT2D eigenvalue weighted by molar-refractivity contribution is -0.141. The molecule has 1 fully saturated rings. The molecule has 2 aromatic carbocycles. The van der Waals surface area contributed by atoms with Crippen LogP contribution >= 0.6 is 11.6 Å². The summed E-state index contributed by atoms with van der Waals surface area (Å²) in [6.45, 7) is 3.08. The molecule has 8 heteroatoms. The SMILES string of the molecule is CC(Oc1ccccc1Cl)C(=O)NN1C(=O)NC(C)(c2ccccc2)C1=O. The van der Waals surface area contributed by atoms with Crippen molar-refractivity contribution in [1.29, 1.82) is 0 Å². The van der Waals surface area contributed by atoms with Gasteiger partial charge in [-0.3, -0.25) is 15.0 Å². The molecule has 27 heavy (non-hydrogen) atoms. The molecule has 0 saturated carbocycles. The van der Waals surface area contributed by atoms with E-state index >= 15 is 0 Å². The van der Waals surface area contributed by atoms with Gasteiger partial charge in [0.1, 0.15) is 11.3 Å². The van der Waals surface area contributed by atoms with Gasteiger partial charge < -0.3 is 10.1 Å². The minimum atomic E-state index is -1.27. The molecule has 7 nitrogen and oxygen atoms in total. The molecule has 4 amide bonds. The number of hydrogen-bond acceptors (Lipinski definition) is 4. The van der Waals surface area contributed by atoms with Crippen molar-refractivity contribution in [2.45, 2.75) is 25.5 Å². The summed E-state index contributed by atoms with van der Waals surface area (Å²) in [5.41, 5.74) is 1.65. The largest absolute Gasteiger partial charge is 0.479 e. The third kappa shape index (κ3) is 3.59. The fraction of sp³-hybridized carbons (Fsp3) is 0.211. The first kappa shape index (κ1) is 18.7. The average Bonchev–Trinajstić information content (AvgIpc) is 2.88. The second-order valence-electron chi connectivity index (χ2n) is 6.23. The van der Waals surface area contributed by atoms with Crippen LogP contribution in [0.15, 0.2) is 54.6 Å². The second-order valence-corrected chi connectivity index (χ2v) is 6.64. The molecular formula is C19H18ClN3O4. The van der Waals surface area contributed by atoms with Crippen LogP contribution in [0.1, 0.15) is 19.4 Å². The zero-order valence-corrected chi connectivity index (χ0v) is 15.5. The third-order valence-electron chi connectivity index (χ3n) is 4.27. The number of carbonyl (C=O) groups excluding carboxylic acids is 3. The van der Waals surface area contributed by atoms with Crippen molar-refractivity contribution in [3.05, 3.63) is 65.2 Å². The highest BCUT2D eigenvalue weighted by atomic mass is 35.5. The van der Waals surface area contributed by atoms with E-state index in [0.29, 0.717) is 21.3 Å². The smallest absolute Gasteiger partial charge is 0.344 e. The van der Waals surface area contributed by atoms with Crippen molar-refractivity contribution in [1.82, 2.24) is 15.8 Å². The molecule has 2 unspecified atom stereocenters. The molecule has 3 rings (SSSR count). The summed E-state index contributed by atoms with van der Waals surface area (Å²) in [7, 11) is 0. The molecule has 2 aromatic rings. The Morgan fingerprint density at radius 2 is 1.78 bits per heavy atom. The van der Waals surface area contributed by atoms with Gasteiger partial charge in [-0.05, 0) is 31.5 Å². The number of imide groups is 1. The van der Waals surface area contributed by atoms with Gasteiger partial charge in [-0.25, -0.2) is 4.79 Å². The Kier molecular flexibility index (Phi) is 5.05. The maximum Gasteiger partial charge on any atom is 0.344 e. The summed E-state index contributed by atoms with van der Waals surface area (Å²) in [6.07, 6.45) is -0.978. The van der Waals surface area contributed by atoms with Crippen molar-refractivity contribution >= 4 is 29.4 Å². The minimum Gasteiger partial charge on any atom is -0.479 e. The van der Waals surface area contributed by atoms with Crippen LogP contribution in [0.4, 0.5) is 4.79 Å². The predicted molar refractivity (Wildman–Crippen MR) is 98.9 cm³/mol.